The van der Waals surface area contributed by atoms with Gasteiger partial charge in [0, 0.05) is 36.3 Å². The van der Waals surface area contributed by atoms with Gasteiger partial charge in [0.05, 0.1) is 0 Å². The largest absolute Gasteiger partial charge is 0.491 e. The van der Waals surface area contributed by atoms with Crippen molar-refractivity contribution in [3.05, 3.63) is 66.6 Å². The molecule has 1 aromatic carbocycles. The Labute approximate surface area is 146 Å². The average Bonchev–Trinajstić information content (AvgIpc) is 2.66. The van der Waals surface area contributed by atoms with Crippen LogP contribution < -0.4 is 10.1 Å². The van der Waals surface area contributed by atoms with Gasteiger partial charge in [-0.05, 0) is 31.2 Å². The van der Waals surface area contributed by atoms with E-state index in [1.165, 1.54) is 0 Å². The van der Waals surface area contributed by atoms with Crippen LogP contribution in [-0.4, -0.2) is 39.3 Å². The Morgan fingerprint density at radius 1 is 1.12 bits per heavy atom. The standard InChI is InChI=1S/C19H20N4O2/c1-14-10-18(23-19(22-14)15-6-5-9-20-11-15)21-12-16(24)13-25-17-7-3-2-4-8-17/h2-11,16,24H,12-13H2,1H3,(H,21,22,23). The Kier molecular flexibility index (Phi) is 5.53. The lowest BCUT2D eigenvalue weighted by Crippen LogP contribution is -2.26. The van der Waals surface area contributed by atoms with E-state index in [2.05, 4.69) is 20.3 Å². The topological polar surface area (TPSA) is 80.2 Å². The molecule has 128 valence electrons. The molecule has 6 nitrogen and oxygen atoms in total. The van der Waals surface area contributed by atoms with Gasteiger partial charge in [0.2, 0.25) is 0 Å². The molecular weight excluding hydrogens is 316 g/mol. The molecule has 0 bridgehead atoms. The third kappa shape index (κ3) is 4.99. The molecule has 2 N–H and O–H groups in total. The number of anilines is 1. The summed E-state index contributed by atoms with van der Waals surface area (Å²) >= 11 is 0. The summed E-state index contributed by atoms with van der Waals surface area (Å²) in [4.78, 5) is 13.0. The van der Waals surface area contributed by atoms with Crippen LogP contribution in [0.5, 0.6) is 5.75 Å². The van der Waals surface area contributed by atoms with E-state index >= 15 is 0 Å². The zero-order valence-electron chi connectivity index (χ0n) is 14.0. The second-order valence-electron chi connectivity index (χ2n) is 5.62. The number of pyridine rings is 1. The maximum atomic E-state index is 10.1. The summed E-state index contributed by atoms with van der Waals surface area (Å²) in [6.07, 6.45) is 2.78. The fourth-order valence-electron chi connectivity index (χ4n) is 2.27. The van der Waals surface area contributed by atoms with Gasteiger partial charge in [-0.1, -0.05) is 18.2 Å². The third-order valence-electron chi connectivity index (χ3n) is 3.48. The van der Waals surface area contributed by atoms with E-state index < -0.39 is 6.10 Å². The summed E-state index contributed by atoms with van der Waals surface area (Å²) in [5.74, 6) is 1.99. The van der Waals surface area contributed by atoms with Crippen LogP contribution in [0.15, 0.2) is 60.9 Å². The van der Waals surface area contributed by atoms with E-state index in [0.29, 0.717) is 18.2 Å². The predicted octanol–water partition coefficient (Wildman–Crippen LogP) is 2.70. The van der Waals surface area contributed by atoms with Crippen LogP contribution in [0.3, 0.4) is 0 Å². The first kappa shape index (κ1) is 16.9. The van der Waals surface area contributed by atoms with Gasteiger partial charge in [-0.15, -0.1) is 0 Å². The molecule has 0 amide bonds. The van der Waals surface area contributed by atoms with Crippen molar-refractivity contribution in [1.29, 1.82) is 0 Å². The van der Waals surface area contributed by atoms with Crippen molar-refractivity contribution in [2.45, 2.75) is 13.0 Å². The van der Waals surface area contributed by atoms with Crippen molar-refractivity contribution >= 4 is 5.82 Å². The number of para-hydroxylation sites is 1. The van der Waals surface area contributed by atoms with Crippen LogP contribution in [0.25, 0.3) is 11.4 Å². The van der Waals surface area contributed by atoms with E-state index in [9.17, 15) is 5.11 Å². The van der Waals surface area contributed by atoms with Crippen molar-refractivity contribution < 1.29 is 9.84 Å². The molecule has 0 saturated carbocycles. The maximum Gasteiger partial charge on any atom is 0.163 e. The summed E-state index contributed by atoms with van der Waals surface area (Å²) in [5.41, 5.74) is 1.69. The molecule has 0 aliphatic carbocycles. The van der Waals surface area contributed by atoms with E-state index in [0.717, 1.165) is 17.0 Å². The molecule has 0 aliphatic heterocycles. The minimum atomic E-state index is -0.655. The Morgan fingerprint density at radius 3 is 2.72 bits per heavy atom. The number of rotatable bonds is 7. The summed E-state index contributed by atoms with van der Waals surface area (Å²) < 4.78 is 5.54. The number of nitrogens with zero attached hydrogens (tertiary/aromatic N) is 3. The van der Waals surface area contributed by atoms with Crippen LogP contribution in [0.1, 0.15) is 5.69 Å². The first-order valence-corrected chi connectivity index (χ1v) is 8.06. The van der Waals surface area contributed by atoms with Crippen molar-refractivity contribution in [2.24, 2.45) is 0 Å². The number of hydrogen-bond acceptors (Lipinski definition) is 6. The normalized spacial score (nSPS) is 11.8. The van der Waals surface area contributed by atoms with Gasteiger partial charge >= 0.3 is 0 Å². The number of aliphatic hydroxyl groups is 1. The second kappa shape index (κ2) is 8.21. The van der Waals surface area contributed by atoms with E-state index in [4.69, 9.17) is 4.74 Å². The summed E-state index contributed by atoms with van der Waals surface area (Å²) in [7, 11) is 0. The number of aliphatic hydroxyl groups excluding tert-OH is 1. The molecule has 0 radical (unpaired) electrons. The minimum Gasteiger partial charge on any atom is -0.491 e. The highest BCUT2D eigenvalue weighted by atomic mass is 16.5. The van der Waals surface area contributed by atoms with Crippen molar-refractivity contribution in [3.63, 3.8) is 0 Å². The first-order chi connectivity index (χ1) is 12.2. The molecule has 0 fully saturated rings. The minimum absolute atomic E-state index is 0.205. The van der Waals surface area contributed by atoms with Gasteiger partial charge in [-0.2, -0.15) is 0 Å². The molecule has 1 atom stereocenters. The lowest BCUT2D eigenvalue weighted by molar-refractivity contribution is 0.117. The molecule has 1 unspecified atom stereocenters. The monoisotopic (exact) mass is 336 g/mol. The van der Waals surface area contributed by atoms with Crippen LogP contribution in [-0.2, 0) is 0 Å². The molecule has 0 saturated heterocycles. The van der Waals surface area contributed by atoms with Gasteiger partial charge in [-0.3, -0.25) is 4.98 Å². The maximum absolute atomic E-state index is 10.1. The van der Waals surface area contributed by atoms with Crippen LogP contribution in [0, 0.1) is 6.92 Å². The van der Waals surface area contributed by atoms with E-state index in [1.54, 1.807) is 12.4 Å². The quantitative estimate of drug-likeness (QED) is 0.690. The first-order valence-electron chi connectivity index (χ1n) is 8.06. The van der Waals surface area contributed by atoms with Gasteiger partial charge < -0.3 is 15.2 Å². The van der Waals surface area contributed by atoms with E-state index in [1.807, 2.05) is 55.5 Å². The fourth-order valence-corrected chi connectivity index (χ4v) is 2.27. The van der Waals surface area contributed by atoms with Gasteiger partial charge in [0.25, 0.3) is 0 Å². The molecule has 0 spiro atoms. The number of nitrogens with one attached hydrogen (secondary N) is 1. The SMILES string of the molecule is Cc1cc(NCC(O)COc2ccccc2)nc(-c2cccnc2)n1. The molecule has 3 aromatic rings. The molecular formula is C19H20N4O2. The molecule has 2 aromatic heterocycles. The highest BCUT2D eigenvalue weighted by molar-refractivity contribution is 5.56. The molecule has 25 heavy (non-hydrogen) atoms. The summed E-state index contributed by atoms with van der Waals surface area (Å²) in [6.45, 7) is 2.44. The molecule has 0 aliphatic rings. The Hall–Kier alpha value is -2.99. The summed E-state index contributed by atoms with van der Waals surface area (Å²) in [6, 6.07) is 15.0. The van der Waals surface area contributed by atoms with Crippen LogP contribution >= 0.6 is 0 Å². The highest BCUT2D eigenvalue weighted by Crippen LogP contribution is 2.16. The lowest BCUT2D eigenvalue weighted by atomic mass is 10.2. The number of benzene rings is 1. The average molecular weight is 336 g/mol. The predicted molar refractivity (Wildman–Crippen MR) is 96.4 cm³/mol. The number of ether oxygens (including phenoxy) is 1. The Bertz CT molecular complexity index is 797. The zero-order valence-corrected chi connectivity index (χ0v) is 14.0. The number of hydrogen-bond donors (Lipinski definition) is 2. The Morgan fingerprint density at radius 2 is 1.96 bits per heavy atom. The second-order valence-corrected chi connectivity index (χ2v) is 5.62. The van der Waals surface area contributed by atoms with Crippen LogP contribution in [0.4, 0.5) is 5.82 Å². The van der Waals surface area contributed by atoms with Crippen molar-refractivity contribution in [2.75, 3.05) is 18.5 Å². The number of aromatic nitrogens is 3. The molecule has 2 heterocycles. The van der Waals surface area contributed by atoms with Gasteiger partial charge in [0.15, 0.2) is 5.82 Å². The summed E-state index contributed by atoms with van der Waals surface area (Å²) in [5, 5.41) is 13.2. The van der Waals surface area contributed by atoms with Crippen molar-refractivity contribution in [1.82, 2.24) is 15.0 Å². The molecule has 6 heteroatoms. The third-order valence-corrected chi connectivity index (χ3v) is 3.48. The van der Waals surface area contributed by atoms with Gasteiger partial charge in [-0.25, -0.2) is 9.97 Å². The number of aryl methyl sites for hydroxylation is 1. The van der Waals surface area contributed by atoms with Crippen molar-refractivity contribution in [3.8, 4) is 17.1 Å². The molecule has 3 rings (SSSR count). The fraction of sp³-hybridized carbons (Fsp3) is 0.211. The van der Waals surface area contributed by atoms with Gasteiger partial charge in [0.1, 0.15) is 24.3 Å². The Balaban J connectivity index is 1.58. The lowest BCUT2D eigenvalue weighted by Gasteiger charge is -2.14. The highest BCUT2D eigenvalue weighted by Gasteiger charge is 2.08. The van der Waals surface area contributed by atoms with E-state index in [-0.39, 0.29) is 6.61 Å². The smallest absolute Gasteiger partial charge is 0.163 e. The van der Waals surface area contributed by atoms with Crippen LogP contribution in [0.2, 0.25) is 0 Å². The zero-order chi connectivity index (χ0) is 17.5.